The maximum atomic E-state index is 10.7. The highest BCUT2D eigenvalue weighted by Gasteiger charge is 2.23. The first kappa shape index (κ1) is 9.85. The number of nitrogens with zero attached hydrogens (tertiary/aromatic N) is 3. The van der Waals surface area contributed by atoms with Crippen LogP contribution in [0.3, 0.4) is 0 Å². The fourth-order valence-electron chi connectivity index (χ4n) is 1.40. The molecule has 1 heterocycles. The number of benzene rings is 1. The Morgan fingerprint density at radius 2 is 2.20 bits per heavy atom. The Morgan fingerprint density at radius 1 is 1.53 bits per heavy atom. The molecule has 15 heavy (non-hydrogen) atoms. The van der Waals surface area contributed by atoms with Gasteiger partial charge in [-0.1, -0.05) is 18.5 Å². The number of aryl methyl sites for hydroxylation is 1. The minimum atomic E-state index is -0.589. The Hall–Kier alpha value is -1.69. The van der Waals surface area contributed by atoms with Gasteiger partial charge in [-0.2, -0.15) is 0 Å². The predicted octanol–water partition coefficient (Wildman–Crippen LogP) is 2.35. The monoisotopic (exact) mass is 227 g/mol. The third-order valence-electron chi connectivity index (χ3n) is 2.11. The molecular weight excluding hydrogens is 222 g/mol. The van der Waals surface area contributed by atoms with E-state index in [1.165, 1.54) is 6.07 Å². The summed E-state index contributed by atoms with van der Waals surface area (Å²) in [6, 6.07) is 1.52. The van der Waals surface area contributed by atoms with Crippen molar-refractivity contribution in [1.29, 1.82) is 0 Å². The molecule has 1 aromatic carbocycles. The SMILES string of the molecule is CCc1cc(Cl)c([N+](=O)[O-])c2nonc12. The van der Waals surface area contributed by atoms with E-state index in [4.69, 9.17) is 11.6 Å². The Balaban J connectivity index is 2.87. The zero-order valence-corrected chi connectivity index (χ0v) is 8.48. The molecule has 0 saturated heterocycles. The lowest BCUT2D eigenvalue weighted by molar-refractivity contribution is -0.383. The second-order valence-corrected chi connectivity index (χ2v) is 3.35. The minimum Gasteiger partial charge on any atom is -0.258 e. The molecule has 6 nitrogen and oxygen atoms in total. The first-order valence-corrected chi connectivity index (χ1v) is 4.61. The first-order chi connectivity index (χ1) is 7.15. The highest BCUT2D eigenvalue weighted by atomic mass is 35.5. The fraction of sp³-hybridized carbons (Fsp3) is 0.250. The molecule has 7 heteroatoms. The molecule has 0 saturated carbocycles. The van der Waals surface area contributed by atoms with E-state index in [9.17, 15) is 10.1 Å². The van der Waals surface area contributed by atoms with Crippen molar-refractivity contribution < 1.29 is 9.55 Å². The summed E-state index contributed by atoms with van der Waals surface area (Å²) >= 11 is 5.79. The van der Waals surface area contributed by atoms with Crippen molar-refractivity contribution in [2.45, 2.75) is 13.3 Å². The lowest BCUT2D eigenvalue weighted by Gasteiger charge is -1.99. The molecule has 0 atom stereocenters. The molecule has 0 aliphatic rings. The van der Waals surface area contributed by atoms with Gasteiger partial charge in [0.15, 0.2) is 0 Å². The first-order valence-electron chi connectivity index (χ1n) is 4.23. The van der Waals surface area contributed by atoms with Crippen LogP contribution in [0, 0.1) is 10.1 Å². The van der Waals surface area contributed by atoms with Gasteiger partial charge in [0.2, 0.25) is 5.52 Å². The van der Waals surface area contributed by atoms with Gasteiger partial charge in [0.1, 0.15) is 10.5 Å². The topological polar surface area (TPSA) is 82.1 Å². The van der Waals surface area contributed by atoms with Crippen LogP contribution in [0.15, 0.2) is 10.7 Å². The van der Waals surface area contributed by atoms with Crippen molar-refractivity contribution >= 4 is 28.3 Å². The summed E-state index contributed by atoms with van der Waals surface area (Å²) in [5, 5.41) is 17.9. The molecule has 1 aromatic heterocycles. The van der Waals surface area contributed by atoms with E-state index in [2.05, 4.69) is 14.9 Å². The molecule has 0 spiro atoms. The van der Waals surface area contributed by atoms with Gasteiger partial charge < -0.3 is 0 Å². The zero-order valence-electron chi connectivity index (χ0n) is 7.73. The van der Waals surface area contributed by atoms with Crippen LogP contribution < -0.4 is 0 Å². The van der Waals surface area contributed by atoms with Crippen LogP contribution in [0.1, 0.15) is 12.5 Å². The van der Waals surface area contributed by atoms with Crippen LogP contribution in [-0.2, 0) is 6.42 Å². The smallest absolute Gasteiger partial charge is 0.258 e. The van der Waals surface area contributed by atoms with Crippen LogP contribution in [0.25, 0.3) is 11.0 Å². The van der Waals surface area contributed by atoms with Crippen molar-refractivity contribution in [2.75, 3.05) is 0 Å². The van der Waals surface area contributed by atoms with Gasteiger partial charge in [0.05, 0.1) is 4.92 Å². The van der Waals surface area contributed by atoms with Crippen molar-refractivity contribution in [3.8, 4) is 0 Å². The molecule has 2 aromatic rings. The predicted molar refractivity (Wildman–Crippen MR) is 52.8 cm³/mol. The normalized spacial score (nSPS) is 10.8. The van der Waals surface area contributed by atoms with Crippen LogP contribution in [0.2, 0.25) is 5.02 Å². The average Bonchev–Trinajstić information content (AvgIpc) is 2.63. The van der Waals surface area contributed by atoms with Crippen LogP contribution in [-0.4, -0.2) is 15.2 Å². The lowest BCUT2D eigenvalue weighted by atomic mass is 10.1. The third kappa shape index (κ3) is 1.42. The number of nitro benzene ring substituents is 1. The number of hydrogen-bond acceptors (Lipinski definition) is 5. The van der Waals surface area contributed by atoms with Gasteiger partial charge in [-0.15, -0.1) is 0 Å². The Labute approximate surface area is 88.9 Å². The quantitative estimate of drug-likeness (QED) is 0.581. The third-order valence-corrected chi connectivity index (χ3v) is 2.40. The second-order valence-electron chi connectivity index (χ2n) is 2.94. The molecule has 2 rings (SSSR count). The van der Waals surface area contributed by atoms with Gasteiger partial charge in [-0.25, -0.2) is 4.63 Å². The number of aromatic nitrogens is 2. The van der Waals surface area contributed by atoms with Crippen molar-refractivity contribution in [3.63, 3.8) is 0 Å². The molecule has 78 valence electrons. The molecule has 0 aliphatic carbocycles. The van der Waals surface area contributed by atoms with E-state index in [0.29, 0.717) is 11.9 Å². The molecule has 0 unspecified atom stereocenters. The summed E-state index contributed by atoms with van der Waals surface area (Å²) in [5.41, 5.74) is 1.02. The van der Waals surface area contributed by atoms with Gasteiger partial charge >= 0.3 is 5.69 Å². The van der Waals surface area contributed by atoms with Crippen LogP contribution in [0.4, 0.5) is 5.69 Å². The van der Waals surface area contributed by atoms with E-state index < -0.39 is 4.92 Å². The Kier molecular flexibility index (Phi) is 2.28. The molecule has 0 N–H and O–H groups in total. The van der Waals surface area contributed by atoms with E-state index in [0.717, 1.165) is 5.56 Å². The number of nitro groups is 1. The maximum absolute atomic E-state index is 10.7. The zero-order chi connectivity index (χ0) is 11.0. The number of halogens is 1. The number of fused-ring (bicyclic) bond motifs is 1. The van der Waals surface area contributed by atoms with E-state index in [-0.39, 0.29) is 16.2 Å². The highest BCUT2D eigenvalue weighted by molar-refractivity contribution is 6.34. The molecule has 0 radical (unpaired) electrons. The largest absolute Gasteiger partial charge is 0.319 e. The Bertz CT molecular complexity index is 537. The minimum absolute atomic E-state index is 0.0556. The van der Waals surface area contributed by atoms with Crippen molar-refractivity contribution in [2.24, 2.45) is 0 Å². The van der Waals surface area contributed by atoms with Crippen molar-refractivity contribution in [3.05, 3.63) is 26.8 Å². The molecule has 0 aliphatic heterocycles. The fourth-order valence-corrected chi connectivity index (χ4v) is 1.69. The molecule has 0 amide bonds. The molecule has 0 bridgehead atoms. The summed E-state index contributed by atoms with van der Waals surface area (Å²) in [4.78, 5) is 10.2. The number of hydrogen-bond donors (Lipinski definition) is 0. The van der Waals surface area contributed by atoms with Crippen molar-refractivity contribution in [1.82, 2.24) is 10.3 Å². The van der Waals surface area contributed by atoms with Gasteiger partial charge in [0.25, 0.3) is 0 Å². The Morgan fingerprint density at radius 3 is 2.80 bits per heavy atom. The van der Waals surface area contributed by atoms with E-state index in [1.54, 1.807) is 0 Å². The van der Waals surface area contributed by atoms with Gasteiger partial charge in [-0.3, -0.25) is 10.1 Å². The van der Waals surface area contributed by atoms with Gasteiger partial charge in [-0.05, 0) is 28.4 Å². The average molecular weight is 228 g/mol. The summed E-state index contributed by atoms with van der Waals surface area (Å²) in [6.45, 7) is 1.89. The maximum Gasteiger partial charge on any atom is 0.319 e. The van der Waals surface area contributed by atoms with Gasteiger partial charge in [0, 0.05) is 0 Å². The van der Waals surface area contributed by atoms with E-state index >= 15 is 0 Å². The standard InChI is InChI=1S/C8H6ClN3O3/c1-2-4-3-5(9)8(12(13)14)7-6(4)10-15-11-7/h3H,2H2,1H3. The summed E-state index contributed by atoms with van der Waals surface area (Å²) in [7, 11) is 0. The summed E-state index contributed by atoms with van der Waals surface area (Å²) < 4.78 is 4.49. The lowest BCUT2D eigenvalue weighted by Crippen LogP contribution is -1.93. The highest BCUT2D eigenvalue weighted by Crippen LogP contribution is 2.33. The molecule has 0 fully saturated rings. The number of rotatable bonds is 2. The van der Waals surface area contributed by atoms with Crippen LogP contribution in [0.5, 0.6) is 0 Å². The summed E-state index contributed by atoms with van der Waals surface area (Å²) in [6.07, 6.45) is 0.655. The molecular formula is C8H6ClN3O3. The summed E-state index contributed by atoms with van der Waals surface area (Å²) in [5.74, 6) is 0. The second kappa shape index (κ2) is 3.47. The van der Waals surface area contributed by atoms with E-state index in [1.807, 2.05) is 6.92 Å². The van der Waals surface area contributed by atoms with Crippen LogP contribution >= 0.6 is 11.6 Å².